The van der Waals surface area contributed by atoms with E-state index in [1.807, 2.05) is 18.2 Å². The van der Waals surface area contributed by atoms with Gasteiger partial charge in [-0.25, -0.2) is 0 Å². The molecule has 0 aromatic heterocycles. The summed E-state index contributed by atoms with van der Waals surface area (Å²) >= 11 is 3.52. The molecule has 0 radical (unpaired) electrons. The van der Waals surface area contributed by atoms with Gasteiger partial charge in [0.2, 0.25) is 0 Å². The van der Waals surface area contributed by atoms with Crippen molar-refractivity contribution >= 4 is 15.9 Å². The number of morpholine rings is 1. The van der Waals surface area contributed by atoms with Gasteiger partial charge in [-0.3, -0.25) is 0 Å². The quantitative estimate of drug-likeness (QED) is 0.814. The second kappa shape index (κ2) is 4.22. The zero-order chi connectivity index (χ0) is 9.10. The van der Waals surface area contributed by atoms with Crippen LogP contribution in [0.15, 0.2) is 28.7 Å². The monoisotopic (exact) mass is 241 g/mol. The number of hydrogen-bond acceptors (Lipinski definition) is 2. The highest BCUT2D eigenvalue weighted by molar-refractivity contribution is 9.10. The average Bonchev–Trinajstić information content (AvgIpc) is 2.20. The van der Waals surface area contributed by atoms with Crippen molar-refractivity contribution in [3.63, 3.8) is 0 Å². The van der Waals surface area contributed by atoms with Crippen molar-refractivity contribution in [1.29, 1.82) is 0 Å². The minimum absolute atomic E-state index is 0.198. The maximum absolute atomic E-state index is 5.65. The molecule has 0 spiro atoms. The molecule has 0 saturated carbocycles. The van der Waals surface area contributed by atoms with Crippen LogP contribution in [-0.4, -0.2) is 19.7 Å². The van der Waals surface area contributed by atoms with Crippen LogP contribution < -0.4 is 5.32 Å². The van der Waals surface area contributed by atoms with Crippen LogP contribution in [-0.2, 0) is 4.74 Å². The van der Waals surface area contributed by atoms with Crippen molar-refractivity contribution in [2.45, 2.75) is 6.10 Å². The third-order valence-corrected chi connectivity index (χ3v) is 2.90. The first-order valence-corrected chi connectivity index (χ1v) is 5.24. The van der Waals surface area contributed by atoms with E-state index in [1.54, 1.807) is 0 Å². The van der Waals surface area contributed by atoms with Gasteiger partial charge in [0, 0.05) is 17.6 Å². The molecular formula is C10H12BrNO. The van der Waals surface area contributed by atoms with Crippen LogP contribution in [0.4, 0.5) is 0 Å². The fourth-order valence-corrected chi connectivity index (χ4v) is 2.04. The molecule has 2 nitrogen and oxygen atoms in total. The molecular weight excluding hydrogens is 230 g/mol. The van der Waals surface area contributed by atoms with Gasteiger partial charge in [0.05, 0.1) is 12.7 Å². The van der Waals surface area contributed by atoms with Gasteiger partial charge in [0.1, 0.15) is 0 Å². The van der Waals surface area contributed by atoms with E-state index in [4.69, 9.17) is 4.74 Å². The summed E-state index contributed by atoms with van der Waals surface area (Å²) in [6.07, 6.45) is 0.198. The molecule has 1 N–H and O–H groups in total. The fraction of sp³-hybridized carbons (Fsp3) is 0.400. The van der Waals surface area contributed by atoms with E-state index >= 15 is 0 Å². The number of halogens is 1. The van der Waals surface area contributed by atoms with Crippen LogP contribution in [0.25, 0.3) is 0 Å². The van der Waals surface area contributed by atoms with Crippen LogP contribution in [0.5, 0.6) is 0 Å². The number of rotatable bonds is 1. The van der Waals surface area contributed by atoms with Crippen LogP contribution in [0.1, 0.15) is 11.7 Å². The standard InChI is InChI=1S/C10H12BrNO/c11-9-4-2-1-3-8(9)10-7-12-5-6-13-10/h1-4,10,12H,5-7H2/t10-/m1/s1. The van der Waals surface area contributed by atoms with Crippen molar-refractivity contribution in [2.24, 2.45) is 0 Å². The molecule has 2 rings (SSSR count). The summed E-state index contributed by atoms with van der Waals surface area (Å²) in [5.74, 6) is 0. The highest BCUT2D eigenvalue weighted by Gasteiger charge is 2.17. The smallest absolute Gasteiger partial charge is 0.0960 e. The van der Waals surface area contributed by atoms with Crippen LogP contribution >= 0.6 is 15.9 Å². The van der Waals surface area contributed by atoms with Crippen molar-refractivity contribution in [3.8, 4) is 0 Å². The molecule has 1 aromatic rings. The third kappa shape index (κ3) is 2.10. The molecule has 1 fully saturated rings. The minimum atomic E-state index is 0.198. The van der Waals surface area contributed by atoms with Crippen molar-refractivity contribution in [2.75, 3.05) is 19.7 Å². The lowest BCUT2D eigenvalue weighted by Gasteiger charge is -2.24. The Balaban J connectivity index is 2.18. The van der Waals surface area contributed by atoms with Gasteiger partial charge in [-0.15, -0.1) is 0 Å². The predicted octanol–water partition coefficient (Wildman–Crippen LogP) is 2.11. The first-order valence-electron chi connectivity index (χ1n) is 4.44. The summed E-state index contributed by atoms with van der Waals surface area (Å²) in [5, 5.41) is 3.31. The SMILES string of the molecule is Brc1ccccc1[C@H]1CNCCO1. The molecule has 0 unspecified atom stereocenters. The summed E-state index contributed by atoms with van der Waals surface area (Å²) in [6.45, 7) is 2.66. The number of hydrogen-bond donors (Lipinski definition) is 1. The van der Waals surface area contributed by atoms with Gasteiger partial charge in [-0.2, -0.15) is 0 Å². The van der Waals surface area contributed by atoms with Crippen molar-refractivity contribution in [1.82, 2.24) is 5.32 Å². The predicted molar refractivity (Wildman–Crippen MR) is 55.7 cm³/mol. The van der Waals surface area contributed by atoms with E-state index < -0.39 is 0 Å². The van der Waals surface area contributed by atoms with Crippen LogP contribution in [0.2, 0.25) is 0 Å². The lowest BCUT2D eigenvalue weighted by molar-refractivity contribution is 0.0272. The molecule has 1 atom stereocenters. The van der Waals surface area contributed by atoms with Crippen molar-refractivity contribution < 1.29 is 4.74 Å². The molecule has 3 heteroatoms. The Kier molecular flexibility index (Phi) is 2.98. The number of nitrogens with one attached hydrogen (secondary N) is 1. The Morgan fingerprint density at radius 3 is 2.92 bits per heavy atom. The number of ether oxygens (including phenoxy) is 1. The molecule has 13 heavy (non-hydrogen) atoms. The Hall–Kier alpha value is -0.380. The maximum Gasteiger partial charge on any atom is 0.0960 e. The van der Waals surface area contributed by atoms with Gasteiger partial charge in [-0.05, 0) is 11.6 Å². The summed E-state index contributed by atoms with van der Waals surface area (Å²) in [5.41, 5.74) is 1.23. The van der Waals surface area contributed by atoms with Gasteiger partial charge in [0.25, 0.3) is 0 Å². The Morgan fingerprint density at radius 1 is 1.38 bits per heavy atom. The second-order valence-corrected chi connectivity index (χ2v) is 3.94. The summed E-state index contributed by atoms with van der Waals surface area (Å²) < 4.78 is 6.78. The molecule has 1 aromatic carbocycles. The molecule has 0 aliphatic carbocycles. The number of benzene rings is 1. The van der Waals surface area contributed by atoms with Crippen LogP contribution in [0, 0.1) is 0 Å². The van der Waals surface area contributed by atoms with Crippen LogP contribution in [0.3, 0.4) is 0 Å². The molecule has 1 aliphatic heterocycles. The minimum Gasteiger partial charge on any atom is -0.371 e. The lowest BCUT2D eigenvalue weighted by atomic mass is 10.1. The molecule has 1 heterocycles. The first kappa shape index (κ1) is 9.19. The highest BCUT2D eigenvalue weighted by Crippen LogP contribution is 2.26. The molecule has 70 valence electrons. The average molecular weight is 242 g/mol. The first-order chi connectivity index (χ1) is 6.38. The second-order valence-electron chi connectivity index (χ2n) is 3.09. The molecule has 1 saturated heterocycles. The van der Waals surface area contributed by atoms with E-state index in [1.165, 1.54) is 5.56 Å². The lowest BCUT2D eigenvalue weighted by Crippen LogP contribution is -2.33. The van der Waals surface area contributed by atoms with Gasteiger partial charge >= 0.3 is 0 Å². The summed E-state index contributed by atoms with van der Waals surface area (Å²) in [7, 11) is 0. The van der Waals surface area contributed by atoms with Crippen molar-refractivity contribution in [3.05, 3.63) is 34.3 Å². The maximum atomic E-state index is 5.65. The Morgan fingerprint density at radius 2 is 2.23 bits per heavy atom. The Labute approximate surface area is 86.4 Å². The molecule has 0 amide bonds. The van der Waals surface area contributed by atoms with Gasteiger partial charge < -0.3 is 10.1 Å². The molecule has 0 bridgehead atoms. The summed E-state index contributed by atoms with van der Waals surface area (Å²) in [6, 6.07) is 8.21. The van der Waals surface area contributed by atoms with Gasteiger partial charge in [-0.1, -0.05) is 34.1 Å². The molecule has 1 aliphatic rings. The fourth-order valence-electron chi connectivity index (χ4n) is 1.50. The topological polar surface area (TPSA) is 21.3 Å². The van der Waals surface area contributed by atoms with E-state index in [-0.39, 0.29) is 6.10 Å². The van der Waals surface area contributed by atoms with Gasteiger partial charge in [0.15, 0.2) is 0 Å². The van der Waals surface area contributed by atoms with E-state index in [0.717, 1.165) is 24.2 Å². The largest absolute Gasteiger partial charge is 0.371 e. The zero-order valence-electron chi connectivity index (χ0n) is 7.29. The van der Waals surface area contributed by atoms with E-state index in [0.29, 0.717) is 0 Å². The third-order valence-electron chi connectivity index (χ3n) is 2.18. The highest BCUT2D eigenvalue weighted by atomic mass is 79.9. The summed E-state index contributed by atoms with van der Waals surface area (Å²) in [4.78, 5) is 0. The van der Waals surface area contributed by atoms with E-state index in [2.05, 4.69) is 27.3 Å². The normalized spacial score (nSPS) is 23.0. The Bertz CT molecular complexity index is 284. The van der Waals surface area contributed by atoms with E-state index in [9.17, 15) is 0 Å². The zero-order valence-corrected chi connectivity index (χ0v) is 8.88.